The maximum absolute atomic E-state index is 10.9. The van der Waals surface area contributed by atoms with Gasteiger partial charge in [-0.2, -0.15) is 0 Å². The quantitative estimate of drug-likeness (QED) is 0.441. The maximum Gasteiger partial charge on any atom is 0.311 e. The number of halogens is 1. The van der Waals surface area contributed by atoms with Crippen LogP contribution in [0.5, 0.6) is 5.75 Å². The Labute approximate surface area is 106 Å². The standard InChI is InChI=1S/C12H16ClNO3/c1-3-4-9(2)17-12-6-5-10(8-13)7-11(12)14(15)16/h5-7,9H,3-4,8H2,1-2H3. The highest BCUT2D eigenvalue weighted by Gasteiger charge is 2.17. The summed E-state index contributed by atoms with van der Waals surface area (Å²) in [5.41, 5.74) is 0.694. The molecular weight excluding hydrogens is 242 g/mol. The summed E-state index contributed by atoms with van der Waals surface area (Å²) < 4.78 is 5.56. The Bertz CT molecular complexity index is 395. The molecule has 1 aromatic rings. The number of nitro benzene ring substituents is 1. The van der Waals surface area contributed by atoms with Crippen LogP contribution in [-0.4, -0.2) is 11.0 Å². The van der Waals surface area contributed by atoms with Crippen LogP contribution in [0.2, 0.25) is 0 Å². The van der Waals surface area contributed by atoms with Crippen LogP contribution in [0.1, 0.15) is 32.3 Å². The van der Waals surface area contributed by atoms with Crippen molar-refractivity contribution >= 4 is 17.3 Å². The van der Waals surface area contributed by atoms with Crippen LogP contribution >= 0.6 is 11.6 Å². The lowest BCUT2D eigenvalue weighted by Gasteiger charge is -2.14. The largest absolute Gasteiger partial charge is 0.484 e. The van der Waals surface area contributed by atoms with Crippen LogP contribution in [0.4, 0.5) is 5.69 Å². The van der Waals surface area contributed by atoms with Crippen LogP contribution in [0, 0.1) is 10.1 Å². The molecular formula is C12H16ClNO3. The van der Waals surface area contributed by atoms with E-state index in [1.54, 1.807) is 12.1 Å². The molecule has 0 aliphatic rings. The van der Waals surface area contributed by atoms with Crippen molar-refractivity contribution in [3.05, 3.63) is 33.9 Å². The third-order valence-corrected chi connectivity index (χ3v) is 2.71. The summed E-state index contributed by atoms with van der Waals surface area (Å²) in [5, 5.41) is 10.9. The van der Waals surface area contributed by atoms with E-state index in [0.29, 0.717) is 11.3 Å². The van der Waals surface area contributed by atoms with Gasteiger partial charge >= 0.3 is 5.69 Å². The second-order valence-corrected chi connectivity index (χ2v) is 4.18. The number of rotatable bonds is 6. The van der Waals surface area contributed by atoms with Crippen molar-refractivity contribution in [3.63, 3.8) is 0 Å². The Morgan fingerprint density at radius 3 is 2.76 bits per heavy atom. The van der Waals surface area contributed by atoms with Gasteiger partial charge < -0.3 is 4.74 Å². The zero-order valence-electron chi connectivity index (χ0n) is 9.98. The minimum absolute atomic E-state index is 0.0221. The highest BCUT2D eigenvalue weighted by molar-refractivity contribution is 6.17. The molecule has 4 nitrogen and oxygen atoms in total. The smallest absolute Gasteiger partial charge is 0.311 e. The number of ether oxygens (including phenoxy) is 1. The van der Waals surface area contributed by atoms with Gasteiger partial charge in [-0.3, -0.25) is 10.1 Å². The molecule has 0 fully saturated rings. The number of alkyl halides is 1. The molecule has 0 bridgehead atoms. The number of hydrogen-bond donors (Lipinski definition) is 0. The van der Waals surface area contributed by atoms with Crippen molar-refractivity contribution in [1.82, 2.24) is 0 Å². The van der Waals surface area contributed by atoms with Crippen LogP contribution in [-0.2, 0) is 5.88 Å². The van der Waals surface area contributed by atoms with E-state index in [1.807, 2.05) is 13.8 Å². The van der Waals surface area contributed by atoms with Crippen LogP contribution in [0.3, 0.4) is 0 Å². The summed E-state index contributed by atoms with van der Waals surface area (Å²) in [7, 11) is 0. The van der Waals surface area contributed by atoms with Gasteiger partial charge in [0.05, 0.1) is 11.0 Å². The van der Waals surface area contributed by atoms with E-state index in [9.17, 15) is 10.1 Å². The summed E-state index contributed by atoms with van der Waals surface area (Å²) >= 11 is 5.65. The SMILES string of the molecule is CCCC(C)Oc1ccc(CCl)cc1[N+](=O)[O-]. The van der Waals surface area contributed by atoms with E-state index in [2.05, 4.69) is 0 Å². The summed E-state index contributed by atoms with van der Waals surface area (Å²) in [6.45, 7) is 3.95. The monoisotopic (exact) mass is 257 g/mol. The summed E-state index contributed by atoms with van der Waals surface area (Å²) in [4.78, 5) is 10.5. The fourth-order valence-corrected chi connectivity index (χ4v) is 1.74. The first-order valence-corrected chi connectivity index (χ1v) is 6.11. The molecule has 1 unspecified atom stereocenters. The Hall–Kier alpha value is -1.29. The van der Waals surface area contributed by atoms with Crippen molar-refractivity contribution in [2.24, 2.45) is 0 Å². The van der Waals surface area contributed by atoms with Gasteiger partial charge in [0.25, 0.3) is 0 Å². The Morgan fingerprint density at radius 1 is 1.53 bits per heavy atom. The number of nitro groups is 1. The fourth-order valence-electron chi connectivity index (χ4n) is 1.57. The van der Waals surface area contributed by atoms with E-state index < -0.39 is 4.92 Å². The van der Waals surface area contributed by atoms with Gasteiger partial charge in [0.2, 0.25) is 0 Å². The summed E-state index contributed by atoms with van der Waals surface area (Å²) in [6, 6.07) is 4.82. The summed E-state index contributed by atoms with van der Waals surface area (Å²) in [5.74, 6) is 0.566. The third kappa shape index (κ3) is 3.89. The van der Waals surface area contributed by atoms with Gasteiger partial charge in [0.1, 0.15) is 0 Å². The van der Waals surface area contributed by atoms with E-state index in [0.717, 1.165) is 12.8 Å². The minimum atomic E-state index is -0.440. The lowest BCUT2D eigenvalue weighted by molar-refractivity contribution is -0.386. The highest BCUT2D eigenvalue weighted by atomic mass is 35.5. The van der Waals surface area contributed by atoms with Crippen LogP contribution in [0.15, 0.2) is 18.2 Å². The lowest BCUT2D eigenvalue weighted by Crippen LogP contribution is -2.12. The molecule has 0 aliphatic carbocycles. The zero-order chi connectivity index (χ0) is 12.8. The first kappa shape index (κ1) is 13.8. The van der Waals surface area contributed by atoms with Crippen molar-refractivity contribution < 1.29 is 9.66 Å². The minimum Gasteiger partial charge on any atom is -0.484 e. The van der Waals surface area contributed by atoms with Gasteiger partial charge in [-0.25, -0.2) is 0 Å². The van der Waals surface area contributed by atoms with E-state index in [4.69, 9.17) is 16.3 Å². The summed E-state index contributed by atoms with van der Waals surface area (Å²) in [6.07, 6.45) is 1.82. The second-order valence-electron chi connectivity index (χ2n) is 3.91. The molecule has 5 heteroatoms. The lowest BCUT2D eigenvalue weighted by atomic mass is 10.2. The van der Waals surface area contributed by atoms with E-state index in [1.165, 1.54) is 6.07 Å². The number of benzene rings is 1. The van der Waals surface area contributed by atoms with Crippen molar-refractivity contribution in [3.8, 4) is 5.75 Å². The third-order valence-electron chi connectivity index (χ3n) is 2.40. The Kier molecular flexibility index (Phi) is 5.22. The predicted molar refractivity (Wildman–Crippen MR) is 67.7 cm³/mol. The maximum atomic E-state index is 10.9. The predicted octanol–water partition coefficient (Wildman–Crippen LogP) is 3.90. The van der Waals surface area contributed by atoms with Crippen LogP contribution in [0.25, 0.3) is 0 Å². The van der Waals surface area contributed by atoms with Crippen molar-refractivity contribution in [1.29, 1.82) is 0 Å². The molecule has 1 rings (SSSR count). The normalized spacial score (nSPS) is 12.2. The van der Waals surface area contributed by atoms with Crippen molar-refractivity contribution in [2.75, 3.05) is 0 Å². The van der Waals surface area contributed by atoms with E-state index in [-0.39, 0.29) is 17.7 Å². The zero-order valence-corrected chi connectivity index (χ0v) is 10.7. The Morgan fingerprint density at radius 2 is 2.24 bits per heavy atom. The molecule has 17 heavy (non-hydrogen) atoms. The van der Waals surface area contributed by atoms with Gasteiger partial charge in [-0.1, -0.05) is 19.4 Å². The Balaban J connectivity index is 2.94. The molecule has 0 amide bonds. The topological polar surface area (TPSA) is 52.4 Å². The van der Waals surface area contributed by atoms with Crippen molar-refractivity contribution in [2.45, 2.75) is 38.7 Å². The fraction of sp³-hybridized carbons (Fsp3) is 0.500. The molecule has 0 saturated heterocycles. The molecule has 0 saturated carbocycles. The second kappa shape index (κ2) is 6.45. The molecule has 0 aromatic heterocycles. The number of hydrogen-bond acceptors (Lipinski definition) is 3. The molecule has 94 valence electrons. The molecule has 0 radical (unpaired) electrons. The molecule has 0 spiro atoms. The average Bonchev–Trinajstić information content (AvgIpc) is 2.29. The molecule has 1 aromatic carbocycles. The van der Waals surface area contributed by atoms with Crippen LogP contribution < -0.4 is 4.74 Å². The van der Waals surface area contributed by atoms with Gasteiger partial charge in [-0.15, -0.1) is 11.6 Å². The average molecular weight is 258 g/mol. The molecule has 0 aliphatic heterocycles. The number of nitrogens with zero attached hydrogens (tertiary/aromatic N) is 1. The van der Waals surface area contributed by atoms with Gasteiger partial charge in [-0.05, 0) is 25.0 Å². The molecule has 1 atom stereocenters. The van der Waals surface area contributed by atoms with Gasteiger partial charge in [0.15, 0.2) is 5.75 Å². The van der Waals surface area contributed by atoms with E-state index >= 15 is 0 Å². The van der Waals surface area contributed by atoms with Gasteiger partial charge in [0, 0.05) is 11.9 Å². The molecule has 0 N–H and O–H groups in total. The first-order chi connectivity index (χ1) is 8.08. The first-order valence-electron chi connectivity index (χ1n) is 5.58. The molecule has 0 heterocycles. The highest BCUT2D eigenvalue weighted by Crippen LogP contribution is 2.29.